The van der Waals surface area contributed by atoms with E-state index in [1.807, 2.05) is 0 Å². The number of hydrogen-bond acceptors (Lipinski definition) is 2. The van der Waals surface area contributed by atoms with Gasteiger partial charge in [0.25, 0.3) is 0 Å². The summed E-state index contributed by atoms with van der Waals surface area (Å²) >= 11 is 0. The van der Waals surface area contributed by atoms with Crippen molar-refractivity contribution in [3.05, 3.63) is 0 Å². The first kappa shape index (κ1) is 9.47. The van der Waals surface area contributed by atoms with Crippen LogP contribution in [-0.2, 0) is 0 Å². The molecule has 0 spiro atoms. The van der Waals surface area contributed by atoms with Gasteiger partial charge in [0.05, 0.1) is 0 Å². The Morgan fingerprint density at radius 1 is 1.31 bits per heavy atom. The third kappa shape index (κ3) is 1.89. The zero-order chi connectivity index (χ0) is 9.47. The topological polar surface area (TPSA) is 23.5 Å². The van der Waals surface area contributed by atoms with Crippen LogP contribution in [-0.4, -0.2) is 36.8 Å². The van der Waals surface area contributed by atoms with E-state index in [0.29, 0.717) is 6.61 Å². The Bertz CT molecular complexity index is 175. The minimum Gasteiger partial charge on any atom is -0.396 e. The highest BCUT2D eigenvalue weighted by Gasteiger charge is 2.39. The van der Waals surface area contributed by atoms with Crippen LogP contribution < -0.4 is 0 Å². The molecule has 1 saturated carbocycles. The molecule has 2 heteroatoms. The number of rotatable bonds is 1. The summed E-state index contributed by atoms with van der Waals surface area (Å²) in [5, 5.41) is 9.36. The monoisotopic (exact) mass is 183 g/mol. The lowest BCUT2D eigenvalue weighted by Crippen LogP contribution is -2.46. The number of hydrogen-bond donors (Lipinski definition) is 1. The molecule has 2 nitrogen and oxygen atoms in total. The van der Waals surface area contributed by atoms with Crippen LogP contribution in [0.15, 0.2) is 0 Å². The Morgan fingerprint density at radius 2 is 1.85 bits per heavy atom. The maximum Gasteiger partial charge on any atom is 0.0484 e. The van der Waals surface area contributed by atoms with Gasteiger partial charge < -0.3 is 10.0 Å². The Labute approximate surface area is 80.9 Å². The summed E-state index contributed by atoms with van der Waals surface area (Å²) in [5.41, 5.74) is 0.231. The summed E-state index contributed by atoms with van der Waals surface area (Å²) in [6, 6.07) is 0. The molecule has 76 valence electrons. The lowest BCUT2D eigenvalue weighted by Gasteiger charge is -2.47. The second-order valence-corrected chi connectivity index (χ2v) is 5.57. The molecule has 1 saturated heterocycles. The minimum absolute atomic E-state index is 0.231. The average Bonchev–Trinajstić information content (AvgIpc) is 2.01. The number of nitrogens with zero attached hydrogens (tertiary/aromatic N) is 1. The fourth-order valence-electron chi connectivity index (χ4n) is 3.48. The van der Waals surface area contributed by atoms with Crippen LogP contribution in [0.25, 0.3) is 0 Å². The summed E-state index contributed by atoms with van der Waals surface area (Å²) in [5.74, 6) is 1.68. The van der Waals surface area contributed by atoms with E-state index < -0.39 is 0 Å². The predicted octanol–water partition coefficient (Wildman–Crippen LogP) is 1.35. The highest BCUT2D eigenvalue weighted by Crippen LogP contribution is 2.44. The van der Waals surface area contributed by atoms with Crippen LogP contribution in [0.1, 0.15) is 26.2 Å². The number of aliphatic hydroxyl groups excluding tert-OH is 1. The summed E-state index contributed by atoms with van der Waals surface area (Å²) in [6.07, 6.45) is 3.86. The third-order valence-electron chi connectivity index (χ3n) is 3.75. The maximum atomic E-state index is 9.36. The van der Waals surface area contributed by atoms with Gasteiger partial charge in [0.2, 0.25) is 0 Å². The van der Waals surface area contributed by atoms with E-state index in [1.54, 1.807) is 0 Å². The summed E-state index contributed by atoms with van der Waals surface area (Å²) < 4.78 is 0. The van der Waals surface area contributed by atoms with Gasteiger partial charge in [-0.3, -0.25) is 0 Å². The van der Waals surface area contributed by atoms with Gasteiger partial charge in [-0.1, -0.05) is 6.92 Å². The SMILES string of the molecule is CN1CC2CC(C1)CC(C)(CO)C2. The molecule has 0 aromatic heterocycles. The molecule has 1 heterocycles. The first-order valence-electron chi connectivity index (χ1n) is 5.41. The number of aliphatic hydroxyl groups is 1. The molecule has 1 aliphatic heterocycles. The zero-order valence-electron chi connectivity index (χ0n) is 8.79. The van der Waals surface area contributed by atoms with Crippen LogP contribution in [0.3, 0.4) is 0 Å². The zero-order valence-corrected chi connectivity index (χ0v) is 8.79. The van der Waals surface area contributed by atoms with E-state index in [9.17, 15) is 5.11 Å². The van der Waals surface area contributed by atoms with Gasteiger partial charge in [0, 0.05) is 19.7 Å². The van der Waals surface area contributed by atoms with Crippen molar-refractivity contribution in [2.24, 2.45) is 17.3 Å². The van der Waals surface area contributed by atoms with Crippen LogP contribution in [0, 0.1) is 17.3 Å². The smallest absolute Gasteiger partial charge is 0.0484 e. The van der Waals surface area contributed by atoms with Crippen molar-refractivity contribution in [1.82, 2.24) is 4.90 Å². The molecule has 1 N–H and O–H groups in total. The molecule has 2 aliphatic rings. The second kappa shape index (κ2) is 3.25. The fraction of sp³-hybridized carbons (Fsp3) is 1.00. The maximum absolute atomic E-state index is 9.36. The Morgan fingerprint density at radius 3 is 2.31 bits per heavy atom. The largest absolute Gasteiger partial charge is 0.396 e. The highest BCUT2D eigenvalue weighted by atomic mass is 16.3. The van der Waals surface area contributed by atoms with E-state index in [2.05, 4.69) is 18.9 Å². The number of fused-ring (bicyclic) bond motifs is 2. The fourth-order valence-corrected chi connectivity index (χ4v) is 3.48. The van der Waals surface area contributed by atoms with Gasteiger partial charge in [-0.25, -0.2) is 0 Å². The van der Waals surface area contributed by atoms with Crippen LogP contribution in [0.2, 0.25) is 0 Å². The lowest BCUT2D eigenvalue weighted by atomic mass is 9.65. The van der Waals surface area contributed by atoms with Crippen molar-refractivity contribution in [3.8, 4) is 0 Å². The normalized spacial score (nSPS) is 46.4. The first-order valence-corrected chi connectivity index (χ1v) is 5.41. The Kier molecular flexibility index (Phi) is 2.37. The van der Waals surface area contributed by atoms with Crippen LogP contribution in [0.5, 0.6) is 0 Å². The lowest BCUT2D eigenvalue weighted by molar-refractivity contribution is -0.00384. The van der Waals surface area contributed by atoms with E-state index in [-0.39, 0.29) is 5.41 Å². The Balaban J connectivity index is 2.05. The molecule has 0 aromatic carbocycles. The van der Waals surface area contributed by atoms with E-state index >= 15 is 0 Å². The molecule has 13 heavy (non-hydrogen) atoms. The standard InChI is InChI=1S/C11H21NO/c1-11(8-13)4-9-3-10(5-11)7-12(2)6-9/h9-10,13H,3-8H2,1-2H3. The molecule has 2 rings (SSSR count). The Hall–Kier alpha value is -0.0800. The van der Waals surface area contributed by atoms with Gasteiger partial charge in [0.15, 0.2) is 0 Å². The van der Waals surface area contributed by atoms with Gasteiger partial charge >= 0.3 is 0 Å². The van der Waals surface area contributed by atoms with Crippen molar-refractivity contribution >= 4 is 0 Å². The van der Waals surface area contributed by atoms with E-state index in [1.165, 1.54) is 32.4 Å². The van der Waals surface area contributed by atoms with Crippen molar-refractivity contribution in [3.63, 3.8) is 0 Å². The molecule has 0 amide bonds. The summed E-state index contributed by atoms with van der Waals surface area (Å²) in [4.78, 5) is 2.45. The van der Waals surface area contributed by atoms with Crippen molar-refractivity contribution in [1.29, 1.82) is 0 Å². The predicted molar refractivity (Wildman–Crippen MR) is 53.5 cm³/mol. The molecule has 2 unspecified atom stereocenters. The third-order valence-corrected chi connectivity index (χ3v) is 3.75. The van der Waals surface area contributed by atoms with Crippen molar-refractivity contribution < 1.29 is 5.11 Å². The minimum atomic E-state index is 0.231. The van der Waals surface area contributed by atoms with Crippen LogP contribution in [0.4, 0.5) is 0 Å². The van der Waals surface area contributed by atoms with E-state index in [0.717, 1.165) is 11.8 Å². The molecular formula is C11H21NO. The number of piperidine rings is 1. The second-order valence-electron chi connectivity index (χ2n) is 5.57. The molecule has 2 bridgehead atoms. The van der Waals surface area contributed by atoms with Crippen molar-refractivity contribution in [2.75, 3.05) is 26.7 Å². The van der Waals surface area contributed by atoms with E-state index in [4.69, 9.17) is 0 Å². The van der Waals surface area contributed by atoms with Gasteiger partial charge in [0.1, 0.15) is 0 Å². The highest BCUT2D eigenvalue weighted by molar-refractivity contribution is 4.91. The average molecular weight is 183 g/mol. The molecular weight excluding hydrogens is 162 g/mol. The number of likely N-dealkylation sites (tertiary alicyclic amines) is 1. The first-order chi connectivity index (χ1) is 6.11. The molecule has 2 fully saturated rings. The summed E-state index contributed by atoms with van der Waals surface area (Å²) in [7, 11) is 2.22. The molecule has 0 radical (unpaired) electrons. The van der Waals surface area contributed by atoms with Gasteiger partial charge in [-0.2, -0.15) is 0 Å². The quantitative estimate of drug-likeness (QED) is 0.663. The van der Waals surface area contributed by atoms with Crippen LogP contribution >= 0.6 is 0 Å². The van der Waals surface area contributed by atoms with Gasteiger partial charge in [-0.15, -0.1) is 0 Å². The molecule has 2 atom stereocenters. The molecule has 0 aromatic rings. The van der Waals surface area contributed by atoms with Gasteiger partial charge in [-0.05, 0) is 43.6 Å². The summed E-state index contributed by atoms with van der Waals surface area (Å²) in [6.45, 7) is 5.11. The van der Waals surface area contributed by atoms with Crippen molar-refractivity contribution in [2.45, 2.75) is 26.2 Å². The molecule has 1 aliphatic carbocycles.